The zero-order valence-corrected chi connectivity index (χ0v) is 12.9. The average molecular weight is 292 g/mol. The largest absolute Gasteiger partial charge is 0.381 e. The van der Waals surface area contributed by atoms with Crippen molar-refractivity contribution in [2.75, 3.05) is 5.32 Å². The lowest BCUT2D eigenvalue weighted by atomic mass is 10.1. The summed E-state index contributed by atoms with van der Waals surface area (Å²) in [5.74, 6) is 0. The Morgan fingerprint density at radius 2 is 1.86 bits per heavy atom. The van der Waals surface area contributed by atoms with Crippen LogP contribution in [0.25, 0.3) is 10.9 Å². The molecule has 0 atom stereocenters. The van der Waals surface area contributed by atoms with Crippen LogP contribution < -0.4 is 10.9 Å². The molecule has 3 heteroatoms. The lowest BCUT2D eigenvalue weighted by Gasteiger charge is -2.11. The van der Waals surface area contributed by atoms with Gasteiger partial charge in [0.15, 0.2) is 0 Å². The van der Waals surface area contributed by atoms with E-state index in [-0.39, 0.29) is 5.56 Å². The summed E-state index contributed by atoms with van der Waals surface area (Å²) in [6.07, 6.45) is 0.969. The van der Waals surface area contributed by atoms with Gasteiger partial charge in [-0.2, -0.15) is 0 Å². The SMILES string of the molecule is CCc1ccccc1NCc1cc2ccc(C)cc2[nH]c1=O. The lowest BCUT2D eigenvalue weighted by Crippen LogP contribution is -2.16. The number of aromatic nitrogens is 1. The molecule has 0 unspecified atom stereocenters. The number of rotatable bonds is 4. The molecule has 0 spiro atoms. The van der Waals surface area contributed by atoms with Gasteiger partial charge in [-0.05, 0) is 48.1 Å². The van der Waals surface area contributed by atoms with Gasteiger partial charge in [0.2, 0.25) is 0 Å². The molecular formula is C19H20N2O. The second-order valence-corrected chi connectivity index (χ2v) is 5.58. The van der Waals surface area contributed by atoms with E-state index in [1.807, 2.05) is 37.3 Å². The van der Waals surface area contributed by atoms with Crippen molar-refractivity contribution in [1.29, 1.82) is 0 Å². The molecule has 1 heterocycles. The average Bonchev–Trinajstić information content (AvgIpc) is 2.53. The molecule has 0 radical (unpaired) electrons. The van der Waals surface area contributed by atoms with E-state index in [2.05, 4.69) is 35.4 Å². The van der Waals surface area contributed by atoms with E-state index in [1.165, 1.54) is 5.56 Å². The molecule has 0 bridgehead atoms. The van der Waals surface area contributed by atoms with Gasteiger partial charge in [0, 0.05) is 23.3 Å². The molecular weight excluding hydrogens is 272 g/mol. The smallest absolute Gasteiger partial charge is 0.253 e. The van der Waals surface area contributed by atoms with Crippen molar-refractivity contribution < 1.29 is 0 Å². The molecule has 0 aliphatic rings. The van der Waals surface area contributed by atoms with Crippen LogP contribution in [0.2, 0.25) is 0 Å². The highest BCUT2D eigenvalue weighted by Gasteiger charge is 2.05. The van der Waals surface area contributed by atoms with E-state index < -0.39 is 0 Å². The van der Waals surface area contributed by atoms with E-state index in [0.717, 1.165) is 34.1 Å². The molecule has 3 nitrogen and oxygen atoms in total. The Morgan fingerprint density at radius 3 is 2.68 bits per heavy atom. The number of hydrogen-bond acceptors (Lipinski definition) is 2. The number of anilines is 1. The topological polar surface area (TPSA) is 44.9 Å². The fraction of sp³-hybridized carbons (Fsp3) is 0.211. The van der Waals surface area contributed by atoms with Gasteiger partial charge >= 0.3 is 0 Å². The van der Waals surface area contributed by atoms with Gasteiger partial charge in [0.25, 0.3) is 5.56 Å². The molecule has 0 saturated heterocycles. The Hall–Kier alpha value is -2.55. The molecule has 1 aromatic heterocycles. The Balaban J connectivity index is 1.89. The number of benzene rings is 2. The van der Waals surface area contributed by atoms with Crippen LogP contribution in [-0.4, -0.2) is 4.98 Å². The molecule has 3 aromatic rings. The van der Waals surface area contributed by atoms with Crippen molar-refractivity contribution >= 4 is 16.6 Å². The number of aryl methyl sites for hydroxylation is 2. The summed E-state index contributed by atoms with van der Waals surface area (Å²) >= 11 is 0. The number of H-pyrrole nitrogens is 1. The summed E-state index contributed by atoms with van der Waals surface area (Å²) in [6, 6.07) is 16.3. The first-order chi connectivity index (χ1) is 10.7. The van der Waals surface area contributed by atoms with Gasteiger partial charge in [-0.25, -0.2) is 0 Å². The van der Waals surface area contributed by atoms with Gasteiger partial charge in [0.1, 0.15) is 0 Å². The lowest BCUT2D eigenvalue weighted by molar-refractivity contribution is 1.06. The monoisotopic (exact) mass is 292 g/mol. The van der Waals surface area contributed by atoms with Gasteiger partial charge < -0.3 is 10.3 Å². The van der Waals surface area contributed by atoms with Crippen molar-refractivity contribution in [2.45, 2.75) is 26.8 Å². The molecule has 112 valence electrons. The summed E-state index contributed by atoms with van der Waals surface area (Å²) in [7, 11) is 0. The number of pyridine rings is 1. The summed E-state index contributed by atoms with van der Waals surface area (Å²) in [6.45, 7) is 4.68. The number of para-hydroxylation sites is 1. The maximum absolute atomic E-state index is 12.2. The fourth-order valence-electron chi connectivity index (χ4n) is 2.68. The number of nitrogens with one attached hydrogen (secondary N) is 2. The minimum atomic E-state index is -0.0282. The standard InChI is InChI=1S/C19H20N2O/c1-3-14-6-4-5-7-17(14)20-12-16-11-15-9-8-13(2)10-18(15)21-19(16)22/h4-11,20H,3,12H2,1-2H3,(H,21,22). The maximum atomic E-state index is 12.2. The van der Waals surface area contributed by atoms with Crippen molar-refractivity contribution in [2.24, 2.45) is 0 Å². The minimum absolute atomic E-state index is 0.0282. The molecule has 0 aliphatic carbocycles. The first-order valence-electron chi connectivity index (χ1n) is 7.61. The third-order valence-corrected chi connectivity index (χ3v) is 3.95. The van der Waals surface area contributed by atoms with E-state index in [0.29, 0.717) is 6.54 Å². The Bertz CT molecular complexity index is 865. The van der Waals surface area contributed by atoms with Crippen LogP contribution in [0, 0.1) is 6.92 Å². The third-order valence-electron chi connectivity index (χ3n) is 3.95. The Labute approximate surface area is 130 Å². The molecule has 0 amide bonds. The Kier molecular flexibility index (Phi) is 3.96. The molecule has 0 saturated carbocycles. The van der Waals surface area contributed by atoms with E-state index in [4.69, 9.17) is 0 Å². The number of aromatic amines is 1. The molecule has 3 rings (SSSR count). The highest BCUT2D eigenvalue weighted by Crippen LogP contribution is 2.17. The summed E-state index contributed by atoms with van der Waals surface area (Å²) in [4.78, 5) is 15.2. The van der Waals surface area contributed by atoms with Gasteiger partial charge in [-0.15, -0.1) is 0 Å². The first-order valence-corrected chi connectivity index (χ1v) is 7.61. The zero-order chi connectivity index (χ0) is 15.5. The maximum Gasteiger partial charge on any atom is 0.253 e. The molecule has 0 aliphatic heterocycles. The second-order valence-electron chi connectivity index (χ2n) is 5.58. The van der Waals surface area contributed by atoms with E-state index >= 15 is 0 Å². The molecule has 2 N–H and O–H groups in total. The summed E-state index contributed by atoms with van der Waals surface area (Å²) < 4.78 is 0. The van der Waals surface area contributed by atoms with Gasteiger partial charge in [-0.3, -0.25) is 4.79 Å². The van der Waals surface area contributed by atoms with Crippen LogP contribution in [-0.2, 0) is 13.0 Å². The van der Waals surface area contributed by atoms with E-state index in [9.17, 15) is 4.79 Å². The van der Waals surface area contributed by atoms with Crippen LogP contribution >= 0.6 is 0 Å². The van der Waals surface area contributed by atoms with Crippen LogP contribution in [0.5, 0.6) is 0 Å². The van der Waals surface area contributed by atoms with Crippen LogP contribution in [0.3, 0.4) is 0 Å². The molecule has 0 fully saturated rings. The van der Waals surface area contributed by atoms with Crippen LogP contribution in [0.15, 0.2) is 53.3 Å². The number of hydrogen-bond donors (Lipinski definition) is 2. The normalized spacial score (nSPS) is 10.8. The molecule has 22 heavy (non-hydrogen) atoms. The predicted octanol–water partition coefficient (Wildman–Crippen LogP) is 4.01. The van der Waals surface area contributed by atoms with Crippen molar-refractivity contribution in [3.63, 3.8) is 0 Å². The van der Waals surface area contributed by atoms with Crippen LogP contribution in [0.1, 0.15) is 23.6 Å². The number of fused-ring (bicyclic) bond motifs is 1. The fourth-order valence-corrected chi connectivity index (χ4v) is 2.68. The van der Waals surface area contributed by atoms with Crippen molar-refractivity contribution in [1.82, 2.24) is 4.98 Å². The summed E-state index contributed by atoms with van der Waals surface area (Å²) in [5, 5.41) is 4.44. The highest BCUT2D eigenvalue weighted by molar-refractivity contribution is 5.79. The van der Waals surface area contributed by atoms with Gasteiger partial charge in [0.05, 0.1) is 0 Å². The second kappa shape index (κ2) is 6.06. The van der Waals surface area contributed by atoms with Crippen molar-refractivity contribution in [3.8, 4) is 0 Å². The third kappa shape index (κ3) is 2.89. The van der Waals surface area contributed by atoms with Crippen molar-refractivity contribution in [3.05, 3.63) is 75.6 Å². The first kappa shape index (κ1) is 14.4. The predicted molar refractivity (Wildman–Crippen MR) is 92.5 cm³/mol. The highest BCUT2D eigenvalue weighted by atomic mass is 16.1. The molecule has 2 aromatic carbocycles. The van der Waals surface area contributed by atoms with Crippen LogP contribution in [0.4, 0.5) is 5.69 Å². The van der Waals surface area contributed by atoms with E-state index in [1.54, 1.807) is 0 Å². The Morgan fingerprint density at radius 1 is 1.05 bits per heavy atom. The quantitative estimate of drug-likeness (QED) is 0.763. The summed E-state index contributed by atoms with van der Waals surface area (Å²) in [5.41, 5.74) is 5.11. The zero-order valence-electron chi connectivity index (χ0n) is 12.9. The minimum Gasteiger partial charge on any atom is -0.381 e. The van der Waals surface area contributed by atoms with Gasteiger partial charge in [-0.1, -0.05) is 37.3 Å².